The number of rotatable bonds is 18. The highest BCUT2D eigenvalue weighted by Gasteiger charge is 2.43. The van der Waals surface area contributed by atoms with Crippen LogP contribution in [0, 0.1) is 0 Å². The second-order valence-corrected chi connectivity index (χ2v) is 13.1. The first-order chi connectivity index (χ1) is 20.7. The number of ether oxygens (including phenoxy) is 2. The molecule has 2 heterocycles. The van der Waals surface area contributed by atoms with Crippen molar-refractivity contribution in [2.24, 2.45) is 0 Å². The van der Waals surface area contributed by atoms with Crippen LogP contribution in [0.1, 0.15) is 110 Å². The first-order valence-corrected chi connectivity index (χ1v) is 16.1. The number of aliphatic hydroxyl groups excluding tert-OH is 4. The predicted molar refractivity (Wildman–Crippen MR) is 167 cm³/mol. The lowest BCUT2D eigenvalue weighted by Gasteiger charge is -2.38. The van der Waals surface area contributed by atoms with Crippen LogP contribution < -0.4 is 10.2 Å². The fourth-order valence-corrected chi connectivity index (χ4v) is 5.65. The monoisotopic (exact) mass is 620 g/mol. The van der Waals surface area contributed by atoms with E-state index in [1.807, 2.05) is 13.8 Å². The van der Waals surface area contributed by atoms with Gasteiger partial charge in [-0.05, 0) is 71.4 Å². The lowest BCUT2D eigenvalue weighted by atomic mass is 9.98. The average molecular weight is 621 g/mol. The Morgan fingerprint density at radius 3 is 2.23 bits per heavy atom. The molecule has 1 aromatic heterocycles. The summed E-state index contributed by atoms with van der Waals surface area (Å²) < 4.78 is 17.4. The van der Waals surface area contributed by atoms with E-state index in [1.54, 1.807) is 19.9 Å². The Morgan fingerprint density at radius 1 is 0.932 bits per heavy atom. The van der Waals surface area contributed by atoms with Crippen LogP contribution >= 0.6 is 0 Å². The van der Waals surface area contributed by atoms with Gasteiger partial charge < -0.3 is 39.4 Å². The number of hydrogen-bond donors (Lipinski definition) is 5. The Hall–Kier alpha value is -2.34. The Bertz CT molecular complexity index is 1250. The fraction of sp³-hybridized carbons (Fsp3) is 0.706. The van der Waals surface area contributed by atoms with Crippen LogP contribution in [-0.2, 0) is 22.4 Å². The highest BCUT2D eigenvalue weighted by atomic mass is 16.7. The molecule has 1 aliphatic heterocycles. The van der Waals surface area contributed by atoms with E-state index in [0.29, 0.717) is 36.0 Å². The van der Waals surface area contributed by atoms with Gasteiger partial charge in [0, 0.05) is 31.4 Å². The molecule has 0 spiro atoms. The first-order valence-electron chi connectivity index (χ1n) is 16.1. The van der Waals surface area contributed by atoms with Gasteiger partial charge >= 0.3 is 0 Å². The summed E-state index contributed by atoms with van der Waals surface area (Å²) in [6, 6.07) is 4.60. The SMILES string of the molecule is CC(O)Cc1cc(=O)c2c(CCCCCC(=O)CCCCCCCC(C)(C)O)cc(OC3OC(C)C(O)C(O)C3O)cc2o1. The van der Waals surface area contributed by atoms with Crippen LogP contribution in [0.2, 0.25) is 0 Å². The van der Waals surface area contributed by atoms with Gasteiger partial charge in [-0.3, -0.25) is 9.59 Å². The molecule has 6 unspecified atom stereocenters. The number of ketones is 1. The molecule has 10 heteroatoms. The predicted octanol–water partition coefficient (Wildman–Crippen LogP) is 4.10. The van der Waals surface area contributed by atoms with Crippen molar-refractivity contribution in [3.05, 3.63) is 39.7 Å². The van der Waals surface area contributed by atoms with Gasteiger partial charge in [0.2, 0.25) is 6.29 Å². The summed E-state index contributed by atoms with van der Waals surface area (Å²) in [5.41, 5.74) is 0.107. The minimum atomic E-state index is -1.50. The third-order valence-corrected chi connectivity index (χ3v) is 8.14. The van der Waals surface area contributed by atoms with Gasteiger partial charge in [-0.25, -0.2) is 0 Å². The quantitative estimate of drug-likeness (QED) is 0.153. The maximum Gasteiger partial charge on any atom is 0.229 e. The number of fused-ring (bicyclic) bond motifs is 1. The highest BCUT2D eigenvalue weighted by molar-refractivity contribution is 5.82. The molecule has 44 heavy (non-hydrogen) atoms. The van der Waals surface area contributed by atoms with Crippen molar-refractivity contribution in [1.29, 1.82) is 0 Å². The van der Waals surface area contributed by atoms with Gasteiger partial charge in [0.1, 0.15) is 41.2 Å². The number of unbranched alkanes of at least 4 members (excludes halogenated alkanes) is 6. The molecule has 1 saturated heterocycles. The largest absolute Gasteiger partial charge is 0.462 e. The molecule has 0 saturated carbocycles. The average Bonchev–Trinajstić information content (AvgIpc) is 2.92. The van der Waals surface area contributed by atoms with E-state index in [-0.39, 0.29) is 29.0 Å². The van der Waals surface area contributed by atoms with E-state index < -0.39 is 42.4 Å². The van der Waals surface area contributed by atoms with Crippen LogP contribution in [0.4, 0.5) is 0 Å². The van der Waals surface area contributed by atoms with Gasteiger partial charge in [0.25, 0.3) is 0 Å². The van der Waals surface area contributed by atoms with Gasteiger partial charge in [-0.1, -0.05) is 32.1 Å². The van der Waals surface area contributed by atoms with E-state index >= 15 is 0 Å². The molecule has 1 aromatic carbocycles. The van der Waals surface area contributed by atoms with Crippen molar-refractivity contribution < 1.29 is 44.2 Å². The maximum atomic E-state index is 13.1. The topological polar surface area (TPSA) is 167 Å². The van der Waals surface area contributed by atoms with E-state index in [0.717, 1.165) is 57.8 Å². The molecule has 0 aliphatic carbocycles. The lowest BCUT2D eigenvalue weighted by Crippen LogP contribution is -2.58. The standard InChI is InChI=1S/C34H52O10/c1-21(35)17-25-19-27(37)29-23(13-9-8-11-15-24(36)14-10-6-5-7-12-16-34(3,4)41)18-26(20-28(29)43-25)44-33-32(40)31(39)30(38)22(2)42-33/h18-22,30-33,35,38-41H,5-17H2,1-4H3. The molecular weight excluding hydrogens is 568 g/mol. The van der Waals surface area contributed by atoms with E-state index in [1.165, 1.54) is 12.1 Å². The smallest absolute Gasteiger partial charge is 0.229 e. The minimum absolute atomic E-state index is 0.160. The molecule has 248 valence electrons. The van der Waals surface area contributed by atoms with Crippen molar-refractivity contribution in [1.82, 2.24) is 0 Å². The van der Waals surface area contributed by atoms with Gasteiger partial charge in [-0.15, -0.1) is 0 Å². The van der Waals surface area contributed by atoms with E-state index in [2.05, 4.69) is 0 Å². The number of aliphatic hydroxyl groups is 5. The molecule has 0 radical (unpaired) electrons. The number of benzene rings is 1. The molecule has 2 aromatic rings. The summed E-state index contributed by atoms with van der Waals surface area (Å²) in [6.45, 7) is 6.82. The summed E-state index contributed by atoms with van der Waals surface area (Å²) in [5.74, 6) is 0.857. The van der Waals surface area contributed by atoms with Gasteiger partial charge in [0.15, 0.2) is 5.43 Å². The summed E-state index contributed by atoms with van der Waals surface area (Å²) in [7, 11) is 0. The molecule has 0 amide bonds. The summed E-state index contributed by atoms with van der Waals surface area (Å²) in [5, 5.41) is 50.6. The Morgan fingerprint density at radius 2 is 1.57 bits per heavy atom. The molecule has 5 N–H and O–H groups in total. The van der Waals surface area contributed by atoms with Crippen LogP contribution in [0.25, 0.3) is 11.0 Å². The zero-order chi connectivity index (χ0) is 32.4. The number of carbonyl (C=O) groups is 1. The van der Waals surface area contributed by atoms with Gasteiger partial charge in [-0.2, -0.15) is 0 Å². The Kier molecular flexibility index (Phi) is 13.8. The summed E-state index contributed by atoms with van der Waals surface area (Å²) in [6.07, 6.45) is 2.97. The molecule has 3 rings (SSSR count). The van der Waals surface area contributed by atoms with Crippen molar-refractivity contribution >= 4 is 16.8 Å². The van der Waals surface area contributed by atoms with Crippen molar-refractivity contribution in [2.75, 3.05) is 0 Å². The van der Waals surface area contributed by atoms with Gasteiger partial charge in [0.05, 0.1) is 23.2 Å². The first kappa shape index (κ1) is 36.1. The second kappa shape index (κ2) is 16.8. The fourth-order valence-electron chi connectivity index (χ4n) is 5.65. The van der Waals surface area contributed by atoms with Crippen molar-refractivity contribution in [3.63, 3.8) is 0 Å². The Balaban J connectivity index is 1.58. The molecule has 1 fully saturated rings. The minimum Gasteiger partial charge on any atom is -0.462 e. The normalized spacial score (nSPS) is 23.2. The van der Waals surface area contributed by atoms with E-state index in [4.69, 9.17) is 13.9 Å². The molecular formula is C34H52O10. The summed E-state index contributed by atoms with van der Waals surface area (Å²) in [4.78, 5) is 25.5. The maximum absolute atomic E-state index is 13.1. The zero-order valence-electron chi connectivity index (χ0n) is 26.7. The third-order valence-electron chi connectivity index (χ3n) is 8.14. The number of aryl methyl sites for hydroxylation is 1. The third kappa shape index (κ3) is 11.2. The van der Waals surface area contributed by atoms with Crippen LogP contribution in [0.15, 0.2) is 27.4 Å². The number of hydrogen-bond acceptors (Lipinski definition) is 10. The van der Waals surface area contributed by atoms with E-state index in [9.17, 15) is 35.1 Å². The van der Waals surface area contributed by atoms with Crippen LogP contribution in [0.5, 0.6) is 5.75 Å². The lowest BCUT2D eigenvalue weighted by molar-refractivity contribution is -0.268. The second-order valence-electron chi connectivity index (χ2n) is 13.1. The number of Topliss-reactive ketones (excluding diaryl/α,β-unsaturated/α-hetero) is 1. The molecule has 10 nitrogen and oxygen atoms in total. The van der Waals surface area contributed by atoms with Crippen molar-refractivity contribution in [2.45, 2.75) is 154 Å². The Labute approximate surface area is 260 Å². The summed E-state index contributed by atoms with van der Waals surface area (Å²) >= 11 is 0. The molecule has 0 bridgehead atoms. The highest BCUT2D eigenvalue weighted by Crippen LogP contribution is 2.30. The van der Waals surface area contributed by atoms with Crippen LogP contribution in [0.3, 0.4) is 0 Å². The number of carbonyl (C=O) groups excluding carboxylic acids is 1. The molecule has 1 aliphatic rings. The molecule has 6 atom stereocenters. The van der Waals surface area contributed by atoms with Crippen LogP contribution in [-0.4, -0.2) is 73.7 Å². The van der Waals surface area contributed by atoms with Crippen molar-refractivity contribution in [3.8, 4) is 5.75 Å². The zero-order valence-corrected chi connectivity index (χ0v) is 26.7.